The summed E-state index contributed by atoms with van der Waals surface area (Å²) in [6.45, 7) is 4.25. The Morgan fingerprint density at radius 1 is 1.82 bits per heavy atom. The number of nitrogens with zero attached hydrogens (tertiary/aromatic N) is 1. The molecule has 0 radical (unpaired) electrons. The van der Waals surface area contributed by atoms with E-state index in [1.807, 2.05) is 6.21 Å². The molecule has 0 amide bonds. The smallest absolute Gasteiger partial charge is 0.184 e. The van der Waals surface area contributed by atoms with Crippen molar-refractivity contribution in [3.05, 3.63) is 0 Å². The Kier molecular flexibility index (Phi) is 5.74. The second kappa shape index (κ2) is 6.09. The van der Waals surface area contributed by atoms with Gasteiger partial charge >= 0.3 is 0 Å². The summed E-state index contributed by atoms with van der Waals surface area (Å²) in [4.78, 5) is 0. The maximum absolute atomic E-state index is 5.16. The molecule has 0 aliphatic rings. The highest BCUT2D eigenvalue weighted by Crippen LogP contribution is 2.00. The third-order valence-corrected chi connectivity index (χ3v) is 1.34. The highest BCUT2D eigenvalue weighted by molar-refractivity contribution is 7.80. The van der Waals surface area contributed by atoms with E-state index in [1.54, 1.807) is 0 Å². The van der Waals surface area contributed by atoms with Crippen LogP contribution in [0.1, 0.15) is 26.7 Å². The highest BCUT2D eigenvalue weighted by Gasteiger charge is 1.93. The number of hydrazone groups is 1. The Hall–Kier alpha value is -0.640. The van der Waals surface area contributed by atoms with Crippen LogP contribution in [0.15, 0.2) is 5.10 Å². The Labute approximate surface area is 73.0 Å². The summed E-state index contributed by atoms with van der Waals surface area (Å²) >= 11 is 4.57. The van der Waals surface area contributed by atoms with Crippen LogP contribution in [0.2, 0.25) is 0 Å². The van der Waals surface area contributed by atoms with Gasteiger partial charge in [0.05, 0.1) is 0 Å². The monoisotopic (exact) mass is 173 g/mol. The molecule has 0 saturated heterocycles. The summed E-state index contributed by atoms with van der Waals surface area (Å²) in [5.74, 6) is 0.488. The minimum absolute atomic E-state index is 0.213. The van der Waals surface area contributed by atoms with Crippen molar-refractivity contribution in [3.8, 4) is 0 Å². The lowest BCUT2D eigenvalue weighted by Gasteiger charge is -2.01. The minimum Gasteiger partial charge on any atom is -0.375 e. The van der Waals surface area contributed by atoms with Crippen molar-refractivity contribution in [2.45, 2.75) is 26.7 Å². The summed E-state index contributed by atoms with van der Waals surface area (Å²) in [6, 6.07) is 0. The van der Waals surface area contributed by atoms with E-state index in [2.05, 4.69) is 36.6 Å². The molecule has 4 heteroatoms. The van der Waals surface area contributed by atoms with Gasteiger partial charge in [0.25, 0.3) is 0 Å². The zero-order valence-electron chi connectivity index (χ0n) is 7.00. The predicted molar refractivity (Wildman–Crippen MR) is 52.5 cm³/mol. The van der Waals surface area contributed by atoms with E-state index in [0.29, 0.717) is 5.92 Å². The van der Waals surface area contributed by atoms with Gasteiger partial charge in [-0.3, -0.25) is 5.43 Å². The van der Waals surface area contributed by atoms with E-state index >= 15 is 0 Å². The zero-order valence-corrected chi connectivity index (χ0v) is 7.82. The van der Waals surface area contributed by atoms with Crippen molar-refractivity contribution in [1.29, 1.82) is 0 Å². The molecule has 1 atom stereocenters. The predicted octanol–water partition coefficient (Wildman–Crippen LogP) is 1.24. The average molecular weight is 173 g/mol. The van der Waals surface area contributed by atoms with Gasteiger partial charge in [-0.25, -0.2) is 0 Å². The largest absolute Gasteiger partial charge is 0.375 e. The highest BCUT2D eigenvalue weighted by atomic mass is 32.1. The second-order valence-corrected chi connectivity index (χ2v) is 2.96. The summed E-state index contributed by atoms with van der Waals surface area (Å²) in [7, 11) is 0. The van der Waals surface area contributed by atoms with Gasteiger partial charge in [-0.1, -0.05) is 20.3 Å². The molecule has 0 aromatic carbocycles. The number of nitrogens with one attached hydrogen (secondary N) is 1. The van der Waals surface area contributed by atoms with Crippen LogP contribution in [0, 0.1) is 5.92 Å². The number of nitrogens with two attached hydrogens (primary N) is 1. The maximum Gasteiger partial charge on any atom is 0.184 e. The summed E-state index contributed by atoms with van der Waals surface area (Å²) < 4.78 is 0. The Bertz CT molecular complexity index is 145. The van der Waals surface area contributed by atoms with Crippen molar-refractivity contribution < 1.29 is 0 Å². The standard InChI is InChI=1S/C7H15N3S/c1-3-4-6(2)5-9-10-7(8)11/h5-6H,3-4H2,1-2H3,(H3,8,10,11)/b9-5-. The molecule has 0 saturated carbocycles. The molecular weight excluding hydrogens is 158 g/mol. The molecule has 1 unspecified atom stereocenters. The molecule has 3 N–H and O–H groups in total. The van der Waals surface area contributed by atoms with Crippen LogP contribution in [0.4, 0.5) is 0 Å². The molecule has 0 bridgehead atoms. The Balaban J connectivity index is 3.47. The zero-order chi connectivity index (χ0) is 8.69. The molecular formula is C7H15N3S. The van der Waals surface area contributed by atoms with Gasteiger partial charge < -0.3 is 5.73 Å². The van der Waals surface area contributed by atoms with E-state index in [9.17, 15) is 0 Å². The lowest BCUT2D eigenvalue weighted by Crippen LogP contribution is -2.24. The first-order chi connectivity index (χ1) is 5.16. The van der Waals surface area contributed by atoms with E-state index in [-0.39, 0.29) is 5.11 Å². The number of hydrogen-bond donors (Lipinski definition) is 2. The SMILES string of the molecule is CCCC(C)/C=N\NC(N)=S. The summed E-state index contributed by atoms with van der Waals surface area (Å²) in [6.07, 6.45) is 4.13. The third-order valence-electron chi connectivity index (χ3n) is 1.25. The van der Waals surface area contributed by atoms with Crippen molar-refractivity contribution in [3.63, 3.8) is 0 Å². The van der Waals surface area contributed by atoms with Crippen molar-refractivity contribution in [2.75, 3.05) is 0 Å². The van der Waals surface area contributed by atoms with Crippen LogP contribution in [-0.4, -0.2) is 11.3 Å². The lowest BCUT2D eigenvalue weighted by molar-refractivity contribution is 0.674. The van der Waals surface area contributed by atoms with Crippen LogP contribution in [0.5, 0.6) is 0 Å². The molecule has 3 nitrogen and oxygen atoms in total. The van der Waals surface area contributed by atoms with Gasteiger partial charge in [-0.2, -0.15) is 5.10 Å². The first-order valence-corrected chi connectivity index (χ1v) is 4.16. The molecule has 11 heavy (non-hydrogen) atoms. The molecule has 0 aliphatic heterocycles. The quantitative estimate of drug-likeness (QED) is 0.382. The van der Waals surface area contributed by atoms with Gasteiger partial charge in [-0.15, -0.1) is 0 Å². The number of thiocarbonyl (C=S) groups is 1. The van der Waals surface area contributed by atoms with Crippen LogP contribution in [0.25, 0.3) is 0 Å². The molecule has 64 valence electrons. The van der Waals surface area contributed by atoms with Gasteiger partial charge in [0, 0.05) is 6.21 Å². The fourth-order valence-corrected chi connectivity index (χ4v) is 0.811. The van der Waals surface area contributed by atoms with Crippen molar-refractivity contribution in [1.82, 2.24) is 5.43 Å². The maximum atomic E-state index is 5.16. The van der Waals surface area contributed by atoms with Gasteiger partial charge in [0.1, 0.15) is 0 Å². The fraction of sp³-hybridized carbons (Fsp3) is 0.714. The Morgan fingerprint density at radius 2 is 2.45 bits per heavy atom. The van der Waals surface area contributed by atoms with Gasteiger partial charge in [0.2, 0.25) is 0 Å². The molecule has 0 aliphatic carbocycles. The van der Waals surface area contributed by atoms with Gasteiger partial charge in [-0.05, 0) is 24.6 Å². The fourth-order valence-electron chi connectivity index (χ4n) is 0.758. The van der Waals surface area contributed by atoms with Gasteiger partial charge in [0.15, 0.2) is 5.11 Å². The molecule has 0 spiro atoms. The van der Waals surface area contributed by atoms with Crippen molar-refractivity contribution >= 4 is 23.5 Å². The minimum atomic E-state index is 0.213. The van der Waals surface area contributed by atoms with Crippen LogP contribution in [0.3, 0.4) is 0 Å². The molecule has 0 rings (SSSR count). The average Bonchev–Trinajstić information content (AvgIpc) is 1.87. The normalized spacial score (nSPS) is 13.3. The van der Waals surface area contributed by atoms with E-state index in [0.717, 1.165) is 6.42 Å². The first kappa shape index (κ1) is 10.4. The summed E-state index contributed by atoms with van der Waals surface area (Å²) in [5.41, 5.74) is 7.67. The lowest BCUT2D eigenvalue weighted by atomic mass is 10.1. The third kappa shape index (κ3) is 7.25. The topological polar surface area (TPSA) is 50.4 Å². The van der Waals surface area contributed by atoms with Crippen LogP contribution >= 0.6 is 12.2 Å². The molecule has 0 fully saturated rings. The number of rotatable bonds is 4. The number of hydrogen-bond acceptors (Lipinski definition) is 2. The molecule has 0 aromatic rings. The second-order valence-electron chi connectivity index (χ2n) is 2.52. The van der Waals surface area contributed by atoms with Crippen molar-refractivity contribution in [2.24, 2.45) is 16.8 Å². The van der Waals surface area contributed by atoms with E-state index in [4.69, 9.17) is 5.73 Å². The molecule has 0 heterocycles. The van der Waals surface area contributed by atoms with E-state index < -0.39 is 0 Å². The molecule has 0 aromatic heterocycles. The van der Waals surface area contributed by atoms with Crippen LogP contribution in [-0.2, 0) is 0 Å². The first-order valence-electron chi connectivity index (χ1n) is 3.75. The van der Waals surface area contributed by atoms with E-state index in [1.165, 1.54) is 6.42 Å². The Morgan fingerprint density at radius 3 is 2.91 bits per heavy atom. The summed E-state index contributed by atoms with van der Waals surface area (Å²) in [5, 5.41) is 4.06. The van der Waals surface area contributed by atoms with Crippen LogP contribution < -0.4 is 11.2 Å².